The van der Waals surface area contributed by atoms with E-state index < -0.39 is 70.8 Å². The molecule has 2 rings (SSSR count). The Hall–Kier alpha value is -1.00. The first-order valence-corrected chi connectivity index (χ1v) is 19.1. The molecule has 2 N–H and O–H groups in total. The van der Waals surface area contributed by atoms with Gasteiger partial charge in [-0.1, -0.05) is 51.4 Å². The summed E-state index contributed by atoms with van der Waals surface area (Å²) in [5, 5.41) is 1.29. The van der Waals surface area contributed by atoms with Gasteiger partial charge >= 0.3 is 9.41 Å². The maximum Gasteiger partial charge on any atom is 0.340 e. The maximum atomic E-state index is 12.8. The molecule has 12 nitrogen and oxygen atoms in total. The molecule has 0 amide bonds. The fourth-order valence-electron chi connectivity index (χ4n) is 5.03. The lowest BCUT2D eigenvalue weighted by Gasteiger charge is -2.23. The molecular formula is C20H38N4O8S4. The molecule has 2 unspecified atom stereocenters. The highest BCUT2D eigenvalue weighted by molar-refractivity contribution is 8.09. The lowest BCUT2D eigenvalue weighted by molar-refractivity contribution is -0.475. The smallest absolute Gasteiger partial charge is 0.340 e. The van der Waals surface area contributed by atoms with Crippen LogP contribution < -0.4 is 10.2 Å². The van der Waals surface area contributed by atoms with Crippen molar-refractivity contribution in [1.82, 2.24) is 0 Å². The molecule has 210 valence electrons. The van der Waals surface area contributed by atoms with Crippen molar-refractivity contribution in [3.8, 4) is 0 Å². The average molecular weight is 591 g/mol. The summed E-state index contributed by atoms with van der Waals surface area (Å²) < 4.78 is 97.3. The standard InChI is InChI=1S/C20H38N4O8S4/c21-23-19(35(29,30)17-11-5-3-6-12-17)33(25,26)15-9-1-2-10-16-34(27,28)20(24-22)36(31,32)18-13-7-4-8-14-18/h17-20,23-24H,1-16H2. The molecule has 2 fully saturated rings. The number of sulfone groups is 4. The van der Waals surface area contributed by atoms with Gasteiger partial charge in [0.25, 0.3) is 0 Å². The minimum absolute atomic E-state index is 0.0444. The molecule has 0 aromatic heterocycles. The van der Waals surface area contributed by atoms with E-state index in [1.165, 1.54) is 10.2 Å². The quantitative estimate of drug-likeness (QED) is 0.190. The lowest BCUT2D eigenvalue weighted by atomic mass is 10.0. The van der Waals surface area contributed by atoms with E-state index in [2.05, 4.69) is 0 Å². The highest BCUT2D eigenvalue weighted by Crippen LogP contribution is 2.28. The van der Waals surface area contributed by atoms with Gasteiger partial charge in [0.15, 0.2) is 0 Å². The van der Waals surface area contributed by atoms with Crippen LogP contribution in [-0.2, 0) is 39.3 Å². The molecule has 0 aromatic rings. The van der Waals surface area contributed by atoms with Crippen LogP contribution in [-0.4, -0.2) is 65.1 Å². The van der Waals surface area contributed by atoms with Crippen molar-refractivity contribution < 1.29 is 43.9 Å². The molecule has 2 atom stereocenters. The van der Waals surface area contributed by atoms with Gasteiger partial charge in [0.05, 0.1) is 22.0 Å². The fraction of sp³-hybridized carbons (Fsp3) is 1.00. The predicted molar refractivity (Wildman–Crippen MR) is 134 cm³/mol. The summed E-state index contributed by atoms with van der Waals surface area (Å²) in [6.45, 7) is 0. The summed E-state index contributed by atoms with van der Waals surface area (Å²) in [5.74, 6) is -1.03. The molecule has 0 radical (unpaired) electrons. The molecule has 36 heavy (non-hydrogen) atoms. The largest absolute Gasteiger partial charge is 0.507 e. The molecule has 0 spiro atoms. The minimum atomic E-state index is -4.23. The van der Waals surface area contributed by atoms with Crippen molar-refractivity contribution in [3.05, 3.63) is 11.1 Å². The van der Waals surface area contributed by atoms with Crippen LogP contribution in [0.15, 0.2) is 0 Å². The Balaban J connectivity index is 1.88. The van der Waals surface area contributed by atoms with Crippen LogP contribution in [0.25, 0.3) is 11.1 Å². The third kappa shape index (κ3) is 7.76. The van der Waals surface area contributed by atoms with Crippen molar-refractivity contribution in [2.45, 2.75) is 110 Å². The second-order valence-corrected chi connectivity index (χ2v) is 19.4. The van der Waals surface area contributed by atoms with Crippen molar-refractivity contribution in [1.29, 1.82) is 0 Å². The number of hydrogen-bond acceptors (Lipinski definition) is 8. The van der Waals surface area contributed by atoms with Gasteiger partial charge in [-0.15, -0.1) is 0 Å². The van der Waals surface area contributed by atoms with E-state index >= 15 is 0 Å². The van der Waals surface area contributed by atoms with Crippen molar-refractivity contribution in [2.24, 2.45) is 0 Å². The van der Waals surface area contributed by atoms with Gasteiger partial charge in [0, 0.05) is 0 Å². The fourth-order valence-corrected chi connectivity index (χ4v) is 14.8. The molecule has 0 bridgehead atoms. The molecule has 0 aromatic carbocycles. The first kappa shape index (κ1) is 31.2. The van der Waals surface area contributed by atoms with Gasteiger partial charge in [0.2, 0.25) is 39.3 Å². The molecular weight excluding hydrogens is 553 g/mol. The van der Waals surface area contributed by atoms with E-state index in [1.54, 1.807) is 0 Å². The Morgan fingerprint density at radius 1 is 0.528 bits per heavy atom. The van der Waals surface area contributed by atoms with Crippen LogP contribution in [0.3, 0.4) is 0 Å². The third-order valence-corrected chi connectivity index (χ3v) is 17.9. The Kier molecular flexibility index (Phi) is 11.4. The van der Waals surface area contributed by atoms with Crippen LogP contribution in [0.2, 0.25) is 0 Å². The zero-order valence-corrected chi connectivity index (χ0v) is 23.7. The summed E-state index contributed by atoms with van der Waals surface area (Å²) in [4.78, 5) is 0. The van der Waals surface area contributed by atoms with Crippen LogP contribution >= 0.6 is 0 Å². The number of unbranched alkanes of at least 4 members (excludes halogenated alkanes) is 3. The van der Waals surface area contributed by atoms with Crippen LogP contribution in [0, 0.1) is 0 Å². The molecule has 0 heterocycles. The van der Waals surface area contributed by atoms with Crippen molar-refractivity contribution in [2.75, 3.05) is 11.5 Å². The lowest BCUT2D eigenvalue weighted by Crippen LogP contribution is -2.78. The van der Waals surface area contributed by atoms with Gasteiger partial charge in [-0.3, -0.25) is 0 Å². The Labute approximate surface area is 215 Å². The summed E-state index contributed by atoms with van der Waals surface area (Å²) in [7, 11) is -16.8. The summed E-state index contributed by atoms with van der Waals surface area (Å²) in [6, 6.07) is 0. The van der Waals surface area contributed by atoms with Crippen LogP contribution in [0.4, 0.5) is 0 Å². The zero-order valence-electron chi connectivity index (χ0n) is 20.4. The van der Waals surface area contributed by atoms with Crippen LogP contribution in [0.1, 0.15) is 89.9 Å². The summed E-state index contributed by atoms with van der Waals surface area (Å²) in [6.07, 6.45) is 6.49. The SMILES string of the molecule is [N-]=[NH+]C(S(=O)(=O)CCCCCCS(=O)(=O)C([NH+]=[N-])S(=O)(=O)C1CCCCC1)S(=O)(=O)C1CCCCC1. The molecule has 16 heteroatoms. The maximum absolute atomic E-state index is 12.8. The van der Waals surface area contributed by atoms with Gasteiger partial charge < -0.3 is 21.3 Å². The van der Waals surface area contributed by atoms with Crippen molar-refractivity contribution in [3.63, 3.8) is 0 Å². The van der Waals surface area contributed by atoms with E-state index in [0.717, 1.165) is 12.8 Å². The van der Waals surface area contributed by atoms with E-state index in [9.17, 15) is 44.7 Å². The van der Waals surface area contributed by atoms with Gasteiger partial charge in [-0.05, 0) is 38.5 Å². The second kappa shape index (κ2) is 13.2. The predicted octanol–water partition coefficient (Wildman–Crippen LogP) is -0.357. The monoisotopic (exact) mass is 590 g/mol. The van der Waals surface area contributed by atoms with Gasteiger partial charge in [-0.2, -0.15) is 0 Å². The minimum Gasteiger partial charge on any atom is -0.507 e. The summed E-state index contributed by atoms with van der Waals surface area (Å²) in [5.41, 5.74) is 18.7. The second-order valence-electron chi connectivity index (χ2n) is 9.77. The van der Waals surface area contributed by atoms with Crippen LogP contribution in [0.5, 0.6) is 0 Å². The first-order chi connectivity index (χ1) is 16.8. The molecule has 2 aliphatic carbocycles. The molecule has 2 aliphatic rings. The zero-order chi connectivity index (χ0) is 27.0. The Morgan fingerprint density at radius 2 is 0.833 bits per heavy atom. The van der Waals surface area contributed by atoms with Gasteiger partial charge in [-0.25, -0.2) is 33.7 Å². The first-order valence-electron chi connectivity index (χ1n) is 12.5. The number of nitrogens with one attached hydrogen (secondary N) is 2. The topological polar surface area (TPSA) is 209 Å². The average Bonchev–Trinajstić information content (AvgIpc) is 2.82. The van der Waals surface area contributed by atoms with E-state index in [0.29, 0.717) is 51.4 Å². The number of hydrogen-bond donors (Lipinski definition) is 2. The molecule has 0 saturated heterocycles. The number of rotatable bonds is 15. The van der Waals surface area contributed by atoms with Crippen molar-refractivity contribution >= 4 is 39.3 Å². The van der Waals surface area contributed by atoms with Gasteiger partial charge in [0.1, 0.15) is 0 Å². The Bertz CT molecular complexity index is 1080. The highest BCUT2D eigenvalue weighted by Gasteiger charge is 2.46. The Morgan fingerprint density at radius 3 is 1.11 bits per heavy atom. The third-order valence-electron chi connectivity index (χ3n) is 7.10. The molecule has 0 aliphatic heterocycles. The van der Waals surface area contributed by atoms with E-state index in [-0.39, 0.29) is 25.7 Å². The summed E-state index contributed by atoms with van der Waals surface area (Å²) >= 11 is 0. The van der Waals surface area contributed by atoms with E-state index in [1.807, 2.05) is 0 Å². The van der Waals surface area contributed by atoms with E-state index in [4.69, 9.17) is 0 Å². The number of nitrogens with zero attached hydrogens (tertiary/aromatic N) is 2. The molecule has 2 saturated carbocycles. The normalized spacial score (nSPS) is 21.0. The highest BCUT2D eigenvalue weighted by atomic mass is 32.3.